The summed E-state index contributed by atoms with van der Waals surface area (Å²) >= 11 is 0. The summed E-state index contributed by atoms with van der Waals surface area (Å²) < 4.78 is 10.5. The molecule has 1 amide bonds. The largest absolute Gasteiger partial charge is 0.454 e. The van der Waals surface area contributed by atoms with Crippen LogP contribution in [0.4, 0.5) is 0 Å². The van der Waals surface area contributed by atoms with Gasteiger partial charge in [0.05, 0.1) is 13.1 Å². The van der Waals surface area contributed by atoms with Gasteiger partial charge in [-0.25, -0.2) is 0 Å². The third-order valence-corrected chi connectivity index (χ3v) is 4.39. The molecular weight excluding hydrogens is 270 g/mol. The van der Waals surface area contributed by atoms with Gasteiger partial charge in [-0.15, -0.1) is 0 Å². The van der Waals surface area contributed by atoms with Gasteiger partial charge in [0.15, 0.2) is 11.5 Å². The molecule has 5 nitrogen and oxygen atoms in total. The number of aliphatic hydroxyl groups is 1. The van der Waals surface area contributed by atoms with Crippen LogP contribution >= 0.6 is 0 Å². The number of rotatable bonds is 3. The highest BCUT2D eigenvalue weighted by molar-refractivity contribution is 5.92. The summed E-state index contributed by atoms with van der Waals surface area (Å²) in [6, 6.07) is 5.57. The average Bonchev–Trinajstić information content (AvgIpc) is 3.20. The Kier molecular flexibility index (Phi) is 2.72. The monoisotopic (exact) mass is 287 g/mol. The number of amides is 1. The Morgan fingerprint density at radius 2 is 2.05 bits per heavy atom. The first kappa shape index (κ1) is 12.7. The van der Waals surface area contributed by atoms with E-state index in [0.29, 0.717) is 24.8 Å². The van der Waals surface area contributed by atoms with Gasteiger partial charge in [0, 0.05) is 6.08 Å². The van der Waals surface area contributed by atoms with Crippen LogP contribution in [0.1, 0.15) is 18.4 Å². The van der Waals surface area contributed by atoms with Crippen molar-refractivity contribution in [3.05, 3.63) is 29.8 Å². The van der Waals surface area contributed by atoms with Crippen LogP contribution in [0.5, 0.6) is 11.5 Å². The van der Waals surface area contributed by atoms with Crippen LogP contribution in [-0.2, 0) is 4.79 Å². The number of carbonyl (C=O) groups excluding carboxylic acids is 1. The molecule has 1 N–H and O–H groups in total. The molecule has 2 heterocycles. The van der Waals surface area contributed by atoms with Crippen molar-refractivity contribution in [2.75, 3.05) is 19.9 Å². The average molecular weight is 287 g/mol. The molecule has 0 spiro atoms. The van der Waals surface area contributed by atoms with E-state index in [1.807, 2.05) is 18.2 Å². The molecule has 1 saturated carbocycles. The van der Waals surface area contributed by atoms with Crippen LogP contribution in [-0.4, -0.2) is 41.4 Å². The van der Waals surface area contributed by atoms with Gasteiger partial charge in [-0.3, -0.25) is 4.79 Å². The fraction of sp³-hybridized carbons (Fsp3) is 0.438. The normalized spacial score (nSPS) is 22.4. The number of benzene rings is 1. The van der Waals surface area contributed by atoms with Gasteiger partial charge < -0.3 is 19.5 Å². The molecule has 0 bridgehead atoms. The third kappa shape index (κ3) is 2.27. The Balaban J connectivity index is 1.38. The maximum absolute atomic E-state index is 12.0. The molecule has 0 unspecified atom stereocenters. The Morgan fingerprint density at radius 1 is 1.29 bits per heavy atom. The van der Waals surface area contributed by atoms with Crippen molar-refractivity contribution in [3.8, 4) is 11.5 Å². The van der Waals surface area contributed by atoms with Crippen molar-refractivity contribution in [1.29, 1.82) is 0 Å². The second-order valence-corrected chi connectivity index (χ2v) is 6.02. The summed E-state index contributed by atoms with van der Waals surface area (Å²) in [6.07, 6.45) is 5.49. The van der Waals surface area contributed by atoms with E-state index in [-0.39, 0.29) is 12.7 Å². The number of likely N-dealkylation sites (tertiary alicyclic amines) is 1. The van der Waals surface area contributed by atoms with Crippen molar-refractivity contribution in [3.63, 3.8) is 0 Å². The smallest absolute Gasteiger partial charge is 0.246 e. The molecule has 0 radical (unpaired) electrons. The van der Waals surface area contributed by atoms with Crippen molar-refractivity contribution in [2.24, 2.45) is 5.92 Å². The lowest BCUT2D eigenvalue weighted by Crippen LogP contribution is -2.64. The number of β-amino-alcohol motifs (C(OH)–C–C–N with tert-alkyl or cyclic N) is 1. The van der Waals surface area contributed by atoms with Gasteiger partial charge in [0.2, 0.25) is 12.7 Å². The zero-order valence-corrected chi connectivity index (χ0v) is 11.6. The summed E-state index contributed by atoms with van der Waals surface area (Å²) in [5.41, 5.74) is 0.271. The lowest BCUT2D eigenvalue weighted by Gasteiger charge is -2.46. The minimum Gasteiger partial charge on any atom is -0.454 e. The second kappa shape index (κ2) is 4.49. The number of ether oxygens (including phenoxy) is 2. The lowest BCUT2D eigenvalue weighted by atomic mass is 9.88. The van der Waals surface area contributed by atoms with E-state index in [1.165, 1.54) is 0 Å². The first-order valence-corrected chi connectivity index (χ1v) is 7.23. The van der Waals surface area contributed by atoms with Crippen LogP contribution in [0.2, 0.25) is 0 Å². The molecule has 2 aliphatic heterocycles. The van der Waals surface area contributed by atoms with E-state index < -0.39 is 5.60 Å². The van der Waals surface area contributed by atoms with E-state index in [0.717, 1.165) is 24.2 Å². The molecule has 5 heteroatoms. The molecule has 1 aromatic carbocycles. The van der Waals surface area contributed by atoms with Gasteiger partial charge in [-0.05, 0) is 42.5 Å². The van der Waals surface area contributed by atoms with Crippen LogP contribution in [0.15, 0.2) is 24.3 Å². The van der Waals surface area contributed by atoms with Crippen molar-refractivity contribution in [1.82, 2.24) is 4.90 Å². The number of fused-ring (bicyclic) bond motifs is 1. The summed E-state index contributed by atoms with van der Waals surface area (Å²) in [4.78, 5) is 13.7. The van der Waals surface area contributed by atoms with Gasteiger partial charge >= 0.3 is 0 Å². The maximum Gasteiger partial charge on any atom is 0.246 e. The number of hydrogen-bond acceptors (Lipinski definition) is 4. The molecule has 1 aromatic rings. The molecule has 2 fully saturated rings. The predicted molar refractivity (Wildman–Crippen MR) is 75.9 cm³/mol. The fourth-order valence-electron chi connectivity index (χ4n) is 2.94. The quantitative estimate of drug-likeness (QED) is 0.854. The zero-order chi connectivity index (χ0) is 14.4. The van der Waals surface area contributed by atoms with Gasteiger partial charge in [-0.2, -0.15) is 0 Å². The molecule has 0 aromatic heterocycles. The molecule has 1 saturated heterocycles. The van der Waals surface area contributed by atoms with Gasteiger partial charge in [-0.1, -0.05) is 6.07 Å². The molecular formula is C16H17NO4. The van der Waals surface area contributed by atoms with Crippen LogP contribution in [0.25, 0.3) is 6.08 Å². The summed E-state index contributed by atoms with van der Waals surface area (Å²) in [5, 5.41) is 10.2. The number of carbonyl (C=O) groups is 1. The fourth-order valence-corrected chi connectivity index (χ4v) is 2.94. The minimum atomic E-state index is -0.623. The highest BCUT2D eigenvalue weighted by Gasteiger charge is 2.52. The first-order chi connectivity index (χ1) is 10.1. The molecule has 110 valence electrons. The summed E-state index contributed by atoms with van der Waals surface area (Å²) in [6.45, 7) is 1.17. The number of hydrogen-bond donors (Lipinski definition) is 1. The Bertz CT molecular complexity index is 615. The van der Waals surface area contributed by atoms with Crippen LogP contribution < -0.4 is 9.47 Å². The van der Waals surface area contributed by atoms with E-state index in [4.69, 9.17) is 9.47 Å². The number of nitrogens with zero attached hydrogens (tertiary/aromatic N) is 1. The first-order valence-electron chi connectivity index (χ1n) is 7.23. The van der Waals surface area contributed by atoms with Gasteiger partial charge in [0.25, 0.3) is 0 Å². The maximum atomic E-state index is 12.0. The minimum absolute atomic E-state index is 0.0574. The molecule has 21 heavy (non-hydrogen) atoms. The molecule has 1 aliphatic carbocycles. The van der Waals surface area contributed by atoms with E-state index in [1.54, 1.807) is 17.1 Å². The van der Waals surface area contributed by atoms with E-state index in [9.17, 15) is 9.90 Å². The highest BCUT2D eigenvalue weighted by atomic mass is 16.7. The predicted octanol–water partition coefficient (Wildman–Crippen LogP) is 1.41. The summed E-state index contributed by atoms with van der Waals surface area (Å²) in [7, 11) is 0. The Hall–Kier alpha value is -2.01. The SMILES string of the molecule is O=C(C=Cc1ccc2c(c1)OCO2)N1CC(O)(C2CC2)C1. The van der Waals surface area contributed by atoms with Crippen molar-refractivity contribution < 1.29 is 19.4 Å². The molecule has 3 aliphatic rings. The molecule has 4 rings (SSSR count). The third-order valence-electron chi connectivity index (χ3n) is 4.39. The molecule has 0 atom stereocenters. The van der Waals surface area contributed by atoms with Crippen molar-refractivity contribution >= 4 is 12.0 Å². The Labute approximate surface area is 122 Å². The Morgan fingerprint density at radius 3 is 2.81 bits per heavy atom. The zero-order valence-electron chi connectivity index (χ0n) is 11.6. The lowest BCUT2D eigenvalue weighted by molar-refractivity contribution is -0.154. The standard InChI is InChI=1S/C16H17NO4/c18-15(17-8-16(19,9-17)12-3-4-12)6-2-11-1-5-13-14(7-11)21-10-20-13/h1-2,5-7,12,19H,3-4,8-10H2. The van der Waals surface area contributed by atoms with E-state index in [2.05, 4.69) is 0 Å². The second-order valence-electron chi connectivity index (χ2n) is 6.02. The van der Waals surface area contributed by atoms with Crippen LogP contribution in [0, 0.1) is 5.92 Å². The van der Waals surface area contributed by atoms with E-state index >= 15 is 0 Å². The topological polar surface area (TPSA) is 59.0 Å². The van der Waals surface area contributed by atoms with Gasteiger partial charge in [0.1, 0.15) is 5.60 Å². The summed E-state index contributed by atoms with van der Waals surface area (Å²) in [5.74, 6) is 1.78. The highest BCUT2D eigenvalue weighted by Crippen LogP contribution is 2.44. The van der Waals surface area contributed by atoms with Crippen molar-refractivity contribution in [2.45, 2.75) is 18.4 Å². The van der Waals surface area contributed by atoms with Crippen LogP contribution in [0.3, 0.4) is 0 Å².